The maximum atomic E-state index is 12.2. The predicted octanol–water partition coefficient (Wildman–Crippen LogP) is 2.32. The Hall–Kier alpha value is -2.61. The third-order valence-corrected chi connectivity index (χ3v) is 3.88. The summed E-state index contributed by atoms with van der Waals surface area (Å²) in [6.07, 6.45) is 0. The molecule has 0 aliphatic heterocycles. The van der Waals surface area contributed by atoms with E-state index in [4.69, 9.17) is 14.6 Å². The van der Waals surface area contributed by atoms with Crippen LogP contribution in [0.25, 0.3) is 0 Å². The van der Waals surface area contributed by atoms with Gasteiger partial charge in [-0.25, -0.2) is 9.78 Å². The van der Waals surface area contributed by atoms with Crippen molar-refractivity contribution in [3.63, 3.8) is 0 Å². The van der Waals surface area contributed by atoms with Crippen molar-refractivity contribution in [2.45, 2.75) is 26.0 Å². The van der Waals surface area contributed by atoms with Gasteiger partial charge in [0.2, 0.25) is 0 Å². The van der Waals surface area contributed by atoms with Crippen LogP contribution in [0.3, 0.4) is 0 Å². The zero-order chi connectivity index (χ0) is 17.7. The van der Waals surface area contributed by atoms with Crippen molar-refractivity contribution in [1.29, 1.82) is 0 Å². The number of amides is 1. The highest BCUT2D eigenvalue weighted by atomic mass is 32.1. The van der Waals surface area contributed by atoms with E-state index in [1.807, 2.05) is 5.38 Å². The van der Waals surface area contributed by atoms with E-state index < -0.39 is 17.4 Å². The van der Waals surface area contributed by atoms with Crippen molar-refractivity contribution >= 4 is 23.2 Å². The first kappa shape index (κ1) is 17.7. The smallest absolute Gasteiger partial charge is 0.328 e. The van der Waals surface area contributed by atoms with Crippen LogP contribution >= 0.6 is 11.3 Å². The Morgan fingerprint density at radius 2 is 2.08 bits per heavy atom. The molecule has 2 N–H and O–H groups in total. The second-order valence-electron chi connectivity index (χ2n) is 5.52. The van der Waals surface area contributed by atoms with Crippen molar-refractivity contribution in [2.75, 3.05) is 7.11 Å². The summed E-state index contributed by atoms with van der Waals surface area (Å²) in [5.41, 5.74) is 1.42. The number of ether oxygens (including phenoxy) is 2. The molecule has 0 aliphatic carbocycles. The quantitative estimate of drug-likeness (QED) is 0.795. The highest BCUT2D eigenvalue weighted by Gasteiger charge is 2.29. The van der Waals surface area contributed by atoms with Gasteiger partial charge in [0.25, 0.3) is 5.91 Å². The number of rotatable bonds is 7. The van der Waals surface area contributed by atoms with Gasteiger partial charge in [-0.3, -0.25) is 4.79 Å². The molecule has 7 nitrogen and oxygen atoms in total. The molecule has 2 rings (SSSR count). The van der Waals surface area contributed by atoms with E-state index in [1.54, 1.807) is 17.6 Å². The van der Waals surface area contributed by atoms with Crippen LogP contribution in [-0.4, -0.2) is 34.6 Å². The van der Waals surface area contributed by atoms with E-state index in [9.17, 15) is 9.59 Å². The number of carboxylic acids is 1. The fourth-order valence-electron chi connectivity index (χ4n) is 1.80. The molecule has 0 saturated carbocycles. The van der Waals surface area contributed by atoms with Crippen LogP contribution in [0.2, 0.25) is 0 Å². The third-order valence-electron chi connectivity index (χ3n) is 3.25. The van der Waals surface area contributed by atoms with E-state index in [1.165, 1.54) is 38.4 Å². The van der Waals surface area contributed by atoms with Crippen molar-refractivity contribution < 1.29 is 24.2 Å². The largest absolute Gasteiger partial charge is 0.493 e. The number of nitrogens with zero attached hydrogens (tertiary/aromatic N) is 1. The SMILES string of the molecule is COc1cc(C(=O)NC(C)(C)C(=O)O)ccc1OCc1cscn1. The van der Waals surface area contributed by atoms with Gasteiger partial charge in [-0.15, -0.1) is 11.3 Å². The number of carboxylic acid groups (broad SMARTS) is 1. The molecule has 0 fully saturated rings. The summed E-state index contributed by atoms with van der Waals surface area (Å²) >= 11 is 1.48. The molecule has 0 bridgehead atoms. The van der Waals surface area contributed by atoms with Crippen LogP contribution in [0.15, 0.2) is 29.1 Å². The van der Waals surface area contributed by atoms with E-state index in [-0.39, 0.29) is 12.2 Å². The molecule has 1 aromatic heterocycles. The second-order valence-corrected chi connectivity index (χ2v) is 6.24. The van der Waals surface area contributed by atoms with Crippen LogP contribution in [0.4, 0.5) is 0 Å². The van der Waals surface area contributed by atoms with E-state index >= 15 is 0 Å². The summed E-state index contributed by atoms with van der Waals surface area (Å²) in [5.74, 6) is -0.775. The average Bonchev–Trinajstić information content (AvgIpc) is 3.05. The normalized spacial score (nSPS) is 11.0. The first-order valence-corrected chi connectivity index (χ1v) is 8.01. The standard InChI is InChI=1S/C16H18N2O5S/c1-16(2,15(20)21)18-14(19)10-4-5-12(13(6-10)22-3)23-7-11-8-24-9-17-11/h4-6,8-9H,7H2,1-3H3,(H,18,19)(H,20,21). The summed E-state index contributed by atoms with van der Waals surface area (Å²) in [6, 6.07) is 4.66. The van der Waals surface area contributed by atoms with Gasteiger partial charge in [-0.1, -0.05) is 0 Å². The van der Waals surface area contributed by atoms with Crippen LogP contribution < -0.4 is 14.8 Å². The van der Waals surface area contributed by atoms with Crippen LogP contribution in [0, 0.1) is 0 Å². The van der Waals surface area contributed by atoms with Gasteiger partial charge < -0.3 is 19.9 Å². The Balaban J connectivity index is 2.13. The van der Waals surface area contributed by atoms with Gasteiger partial charge in [-0.2, -0.15) is 0 Å². The molecule has 1 aromatic carbocycles. The number of benzene rings is 1. The minimum absolute atomic E-state index is 0.280. The minimum Gasteiger partial charge on any atom is -0.493 e. The highest BCUT2D eigenvalue weighted by Crippen LogP contribution is 2.29. The molecule has 128 valence electrons. The van der Waals surface area contributed by atoms with Crippen molar-refractivity contribution in [2.24, 2.45) is 0 Å². The number of thiazole rings is 1. The number of nitrogens with one attached hydrogen (secondary N) is 1. The Kier molecular flexibility index (Phi) is 5.40. The number of carbonyl (C=O) groups is 2. The van der Waals surface area contributed by atoms with Gasteiger partial charge in [-0.05, 0) is 32.0 Å². The molecule has 0 atom stereocenters. The molecule has 0 spiro atoms. The van der Waals surface area contributed by atoms with Gasteiger partial charge in [0.05, 0.1) is 18.3 Å². The summed E-state index contributed by atoms with van der Waals surface area (Å²) in [5, 5.41) is 13.4. The van der Waals surface area contributed by atoms with E-state index in [2.05, 4.69) is 10.3 Å². The Morgan fingerprint density at radius 3 is 2.67 bits per heavy atom. The number of aromatic nitrogens is 1. The molecule has 0 unspecified atom stereocenters. The molecule has 0 saturated heterocycles. The maximum Gasteiger partial charge on any atom is 0.328 e. The number of aliphatic carboxylic acids is 1. The lowest BCUT2D eigenvalue weighted by Crippen LogP contribution is -2.49. The second kappa shape index (κ2) is 7.31. The molecule has 2 aromatic rings. The molecule has 24 heavy (non-hydrogen) atoms. The van der Waals surface area contributed by atoms with Gasteiger partial charge in [0, 0.05) is 10.9 Å². The number of carbonyl (C=O) groups excluding carboxylic acids is 1. The molecule has 0 aliphatic rings. The van der Waals surface area contributed by atoms with E-state index in [0.29, 0.717) is 11.5 Å². The van der Waals surface area contributed by atoms with Gasteiger partial charge in [0.15, 0.2) is 11.5 Å². The average molecular weight is 350 g/mol. The topological polar surface area (TPSA) is 97.8 Å². The molecule has 8 heteroatoms. The first-order chi connectivity index (χ1) is 11.3. The predicted molar refractivity (Wildman–Crippen MR) is 88.6 cm³/mol. The molecule has 0 radical (unpaired) electrons. The minimum atomic E-state index is -1.37. The third kappa shape index (κ3) is 4.23. The fourth-order valence-corrected chi connectivity index (χ4v) is 2.34. The molecule has 1 amide bonds. The Bertz CT molecular complexity index is 728. The summed E-state index contributed by atoms with van der Waals surface area (Å²) in [7, 11) is 1.47. The molecule has 1 heterocycles. The lowest BCUT2D eigenvalue weighted by atomic mass is 10.1. The number of hydrogen-bond donors (Lipinski definition) is 2. The molecular formula is C16H18N2O5S. The summed E-state index contributed by atoms with van der Waals surface area (Å²) in [4.78, 5) is 27.4. The zero-order valence-corrected chi connectivity index (χ0v) is 14.3. The van der Waals surface area contributed by atoms with Crippen molar-refractivity contribution in [3.8, 4) is 11.5 Å². The lowest BCUT2D eigenvalue weighted by molar-refractivity contribution is -0.143. The first-order valence-electron chi connectivity index (χ1n) is 7.07. The van der Waals surface area contributed by atoms with Crippen LogP contribution in [-0.2, 0) is 11.4 Å². The highest BCUT2D eigenvalue weighted by molar-refractivity contribution is 7.07. The Morgan fingerprint density at radius 1 is 1.33 bits per heavy atom. The van der Waals surface area contributed by atoms with E-state index in [0.717, 1.165) is 5.69 Å². The van der Waals surface area contributed by atoms with Gasteiger partial charge >= 0.3 is 5.97 Å². The fraction of sp³-hybridized carbons (Fsp3) is 0.312. The summed E-state index contributed by atoms with van der Waals surface area (Å²) in [6.45, 7) is 3.11. The van der Waals surface area contributed by atoms with Crippen LogP contribution in [0.5, 0.6) is 11.5 Å². The van der Waals surface area contributed by atoms with Gasteiger partial charge in [0.1, 0.15) is 12.1 Å². The lowest BCUT2D eigenvalue weighted by Gasteiger charge is -2.21. The van der Waals surface area contributed by atoms with Crippen molar-refractivity contribution in [3.05, 3.63) is 40.3 Å². The number of methoxy groups -OCH3 is 1. The number of hydrogen-bond acceptors (Lipinski definition) is 6. The molecular weight excluding hydrogens is 332 g/mol. The monoisotopic (exact) mass is 350 g/mol. The van der Waals surface area contributed by atoms with Crippen molar-refractivity contribution in [1.82, 2.24) is 10.3 Å². The summed E-state index contributed by atoms with van der Waals surface area (Å²) < 4.78 is 10.9. The maximum absolute atomic E-state index is 12.2. The van der Waals surface area contributed by atoms with Crippen LogP contribution in [0.1, 0.15) is 29.9 Å². The Labute approximate surface area is 143 Å². The zero-order valence-electron chi connectivity index (χ0n) is 13.5.